The molecule has 0 aliphatic heterocycles. The molecule has 0 bridgehead atoms. The fraction of sp³-hybridized carbons (Fsp3) is 0.227. The van der Waals surface area contributed by atoms with E-state index >= 15 is 0 Å². The van der Waals surface area contributed by atoms with Crippen LogP contribution in [0.2, 0.25) is 0 Å². The Bertz CT molecular complexity index is 1170. The zero-order valence-corrected chi connectivity index (χ0v) is 16.2. The van der Waals surface area contributed by atoms with Crippen molar-refractivity contribution in [3.05, 3.63) is 77.1 Å². The predicted octanol–water partition coefficient (Wildman–Crippen LogP) is 3.86. The van der Waals surface area contributed by atoms with Crippen LogP contribution < -0.4 is 0 Å². The van der Waals surface area contributed by atoms with Gasteiger partial charge < -0.3 is 18.2 Å². The normalized spacial score (nSPS) is 11.1. The van der Waals surface area contributed by atoms with Gasteiger partial charge in [0.2, 0.25) is 5.78 Å². The van der Waals surface area contributed by atoms with Crippen LogP contribution in [0.3, 0.4) is 0 Å². The van der Waals surface area contributed by atoms with Crippen LogP contribution in [0.4, 0.5) is 0 Å². The number of benzene rings is 1. The van der Waals surface area contributed by atoms with Gasteiger partial charge in [0.25, 0.3) is 0 Å². The molecule has 29 heavy (non-hydrogen) atoms. The summed E-state index contributed by atoms with van der Waals surface area (Å²) in [5.41, 5.74) is 3.38. The van der Waals surface area contributed by atoms with Crippen molar-refractivity contribution < 1.29 is 23.3 Å². The predicted molar refractivity (Wildman–Crippen MR) is 105 cm³/mol. The van der Waals surface area contributed by atoms with Gasteiger partial charge in [-0.15, -0.1) is 0 Å². The van der Waals surface area contributed by atoms with E-state index in [0.29, 0.717) is 23.4 Å². The second-order valence-corrected chi connectivity index (χ2v) is 6.84. The number of rotatable bonds is 7. The van der Waals surface area contributed by atoms with E-state index in [1.807, 2.05) is 48.7 Å². The van der Waals surface area contributed by atoms with Gasteiger partial charge >= 0.3 is 5.97 Å². The Morgan fingerprint density at radius 3 is 2.76 bits per heavy atom. The standard InChI is InChI=1S/C22H20N2O5/c1-14-10-18(15(2)24(14)12-16-6-5-9-27-16)20(25)13-28-22(26)11-19-17-7-3-4-8-21(17)29-23-19/h3-10H,11-13H2,1-2H3. The number of para-hydroxylation sites is 1. The van der Waals surface area contributed by atoms with Gasteiger partial charge in [-0.25, -0.2) is 0 Å². The maximum Gasteiger partial charge on any atom is 0.312 e. The Hall–Kier alpha value is -3.61. The summed E-state index contributed by atoms with van der Waals surface area (Å²) in [5, 5.41) is 4.67. The number of carbonyl (C=O) groups excluding carboxylic acids is 2. The van der Waals surface area contributed by atoms with Gasteiger partial charge in [0.1, 0.15) is 11.5 Å². The summed E-state index contributed by atoms with van der Waals surface area (Å²) >= 11 is 0. The topological polar surface area (TPSA) is 87.5 Å². The average Bonchev–Trinajstić information content (AvgIpc) is 3.43. The fourth-order valence-electron chi connectivity index (χ4n) is 3.36. The van der Waals surface area contributed by atoms with Crippen molar-refractivity contribution in [3.8, 4) is 0 Å². The zero-order chi connectivity index (χ0) is 20.4. The molecule has 7 heteroatoms. The van der Waals surface area contributed by atoms with Crippen molar-refractivity contribution in [1.82, 2.24) is 9.72 Å². The number of nitrogens with zero attached hydrogens (tertiary/aromatic N) is 2. The van der Waals surface area contributed by atoms with Crippen LogP contribution in [-0.2, 0) is 22.5 Å². The number of ether oxygens (including phenoxy) is 1. The van der Waals surface area contributed by atoms with Crippen LogP contribution in [0.5, 0.6) is 0 Å². The number of furan rings is 1. The molecule has 3 aromatic heterocycles. The molecule has 7 nitrogen and oxygen atoms in total. The highest BCUT2D eigenvalue weighted by molar-refractivity contribution is 5.99. The molecule has 4 rings (SSSR count). The van der Waals surface area contributed by atoms with E-state index in [0.717, 1.165) is 22.5 Å². The van der Waals surface area contributed by atoms with E-state index in [-0.39, 0.29) is 18.8 Å². The second kappa shape index (κ2) is 7.79. The fourth-order valence-corrected chi connectivity index (χ4v) is 3.36. The smallest absolute Gasteiger partial charge is 0.312 e. The molecule has 0 unspecified atom stereocenters. The zero-order valence-electron chi connectivity index (χ0n) is 16.2. The first-order chi connectivity index (χ1) is 14.0. The molecule has 0 N–H and O–H groups in total. The van der Waals surface area contributed by atoms with Crippen LogP contribution in [0.25, 0.3) is 11.0 Å². The summed E-state index contributed by atoms with van der Waals surface area (Å²) in [7, 11) is 0. The average molecular weight is 392 g/mol. The Balaban J connectivity index is 1.40. The van der Waals surface area contributed by atoms with Crippen LogP contribution in [-0.4, -0.2) is 28.1 Å². The minimum atomic E-state index is -0.526. The molecular formula is C22H20N2O5. The second-order valence-electron chi connectivity index (χ2n) is 6.84. The summed E-state index contributed by atoms with van der Waals surface area (Å²) in [5.74, 6) is 0.0287. The lowest BCUT2D eigenvalue weighted by Gasteiger charge is -2.08. The third-order valence-corrected chi connectivity index (χ3v) is 4.90. The van der Waals surface area contributed by atoms with E-state index in [9.17, 15) is 9.59 Å². The summed E-state index contributed by atoms with van der Waals surface area (Å²) in [6.07, 6.45) is 1.56. The largest absolute Gasteiger partial charge is 0.467 e. The van der Waals surface area contributed by atoms with Crippen molar-refractivity contribution in [2.24, 2.45) is 0 Å². The number of hydrogen-bond donors (Lipinski definition) is 0. The molecule has 0 aliphatic carbocycles. The van der Waals surface area contributed by atoms with Gasteiger partial charge in [-0.1, -0.05) is 17.3 Å². The van der Waals surface area contributed by atoms with Crippen molar-refractivity contribution in [2.45, 2.75) is 26.8 Å². The molecule has 0 saturated carbocycles. The third-order valence-electron chi connectivity index (χ3n) is 4.90. The van der Waals surface area contributed by atoms with Crippen LogP contribution in [0, 0.1) is 13.8 Å². The van der Waals surface area contributed by atoms with Gasteiger partial charge in [-0.3, -0.25) is 9.59 Å². The van der Waals surface area contributed by atoms with Crippen LogP contribution in [0.15, 0.2) is 57.7 Å². The van der Waals surface area contributed by atoms with E-state index in [1.165, 1.54) is 0 Å². The number of aryl methyl sites for hydroxylation is 1. The minimum Gasteiger partial charge on any atom is -0.467 e. The van der Waals surface area contributed by atoms with Crippen LogP contribution in [0.1, 0.15) is 33.2 Å². The van der Waals surface area contributed by atoms with Crippen molar-refractivity contribution in [3.63, 3.8) is 0 Å². The first-order valence-electron chi connectivity index (χ1n) is 9.24. The van der Waals surface area contributed by atoms with Gasteiger partial charge in [0, 0.05) is 22.3 Å². The number of ketones is 1. The Morgan fingerprint density at radius 2 is 1.97 bits per heavy atom. The monoisotopic (exact) mass is 392 g/mol. The van der Waals surface area contributed by atoms with E-state index in [2.05, 4.69) is 5.16 Å². The quantitative estimate of drug-likeness (QED) is 0.351. The molecule has 0 saturated heterocycles. The number of carbonyl (C=O) groups is 2. The molecule has 0 aliphatic rings. The molecule has 0 atom stereocenters. The van der Waals surface area contributed by atoms with Crippen LogP contribution >= 0.6 is 0 Å². The van der Waals surface area contributed by atoms with Gasteiger partial charge in [0.15, 0.2) is 12.2 Å². The molecule has 4 aromatic rings. The number of Topliss-reactive ketones (excluding diaryl/α,β-unsaturated/α-hetero) is 1. The van der Waals surface area contributed by atoms with Crippen molar-refractivity contribution >= 4 is 22.7 Å². The lowest BCUT2D eigenvalue weighted by molar-refractivity contribution is -0.141. The van der Waals surface area contributed by atoms with Gasteiger partial charge in [-0.05, 0) is 44.2 Å². The van der Waals surface area contributed by atoms with E-state index in [1.54, 1.807) is 18.4 Å². The Kier molecular flexibility index (Phi) is 5.03. The summed E-state index contributed by atoms with van der Waals surface area (Å²) < 4.78 is 17.8. The summed E-state index contributed by atoms with van der Waals surface area (Å²) in [6, 6.07) is 12.8. The van der Waals surface area contributed by atoms with Crippen molar-refractivity contribution in [1.29, 1.82) is 0 Å². The van der Waals surface area contributed by atoms with Crippen molar-refractivity contribution in [2.75, 3.05) is 6.61 Å². The molecule has 0 fully saturated rings. The number of hydrogen-bond acceptors (Lipinski definition) is 6. The first kappa shape index (κ1) is 18.7. The maximum atomic E-state index is 12.6. The highest BCUT2D eigenvalue weighted by atomic mass is 16.5. The molecule has 0 spiro atoms. The molecule has 148 valence electrons. The summed E-state index contributed by atoms with van der Waals surface area (Å²) in [6.45, 7) is 4.01. The lowest BCUT2D eigenvalue weighted by atomic mass is 10.1. The highest BCUT2D eigenvalue weighted by Gasteiger charge is 2.19. The number of fused-ring (bicyclic) bond motifs is 1. The first-order valence-corrected chi connectivity index (χ1v) is 9.24. The Labute approximate surface area is 166 Å². The molecular weight excluding hydrogens is 372 g/mol. The Morgan fingerprint density at radius 1 is 1.14 bits per heavy atom. The van der Waals surface area contributed by atoms with Gasteiger partial charge in [0.05, 0.1) is 19.2 Å². The SMILES string of the molecule is Cc1cc(C(=O)COC(=O)Cc2noc3ccccc23)c(C)n1Cc1ccco1. The third kappa shape index (κ3) is 3.85. The lowest BCUT2D eigenvalue weighted by Crippen LogP contribution is -2.16. The molecule has 0 amide bonds. The molecule has 1 aromatic carbocycles. The van der Waals surface area contributed by atoms with E-state index < -0.39 is 5.97 Å². The molecule has 3 heterocycles. The van der Waals surface area contributed by atoms with Gasteiger partial charge in [-0.2, -0.15) is 0 Å². The summed E-state index contributed by atoms with van der Waals surface area (Å²) in [4.78, 5) is 24.8. The number of aromatic nitrogens is 2. The molecule has 0 radical (unpaired) electrons. The highest BCUT2D eigenvalue weighted by Crippen LogP contribution is 2.20. The maximum absolute atomic E-state index is 12.6. The number of esters is 1. The van der Waals surface area contributed by atoms with E-state index in [4.69, 9.17) is 13.7 Å². The minimum absolute atomic E-state index is 0.0538.